The van der Waals surface area contributed by atoms with E-state index >= 15 is 0 Å². The summed E-state index contributed by atoms with van der Waals surface area (Å²) < 4.78 is 0. The average Bonchev–Trinajstić information content (AvgIpc) is 2.28. The Morgan fingerprint density at radius 3 is 2.94 bits per heavy atom. The Hall–Kier alpha value is -1.36. The minimum absolute atomic E-state index is 0.0649. The molecule has 1 fully saturated rings. The molecule has 5 nitrogen and oxygen atoms in total. The summed E-state index contributed by atoms with van der Waals surface area (Å²) in [5.74, 6) is 1.80. The van der Waals surface area contributed by atoms with Gasteiger partial charge in [-0.25, -0.2) is 4.98 Å². The largest absolute Gasteiger partial charge is 0.354 e. The first-order chi connectivity index (χ1) is 8.06. The maximum Gasteiger partial charge on any atom is 0.252 e. The Bertz CT molecular complexity index is 440. The Labute approximate surface area is 101 Å². The van der Waals surface area contributed by atoms with Crippen molar-refractivity contribution in [2.45, 2.75) is 32.7 Å². The summed E-state index contributed by atoms with van der Waals surface area (Å²) in [4.78, 5) is 21.1. The lowest BCUT2D eigenvalue weighted by molar-refractivity contribution is 0.481. The lowest BCUT2D eigenvalue weighted by atomic mass is 10.2. The van der Waals surface area contributed by atoms with Gasteiger partial charge in [-0.15, -0.1) is 0 Å². The van der Waals surface area contributed by atoms with Gasteiger partial charge in [-0.1, -0.05) is 13.8 Å². The molecule has 0 amide bonds. The Balaban J connectivity index is 2.28. The fourth-order valence-corrected chi connectivity index (χ4v) is 2.04. The van der Waals surface area contributed by atoms with Crippen LogP contribution in [0.15, 0.2) is 10.9 Å². The minimum atomic E-state index is -0.0649. The fraction of sp³-hybridized carbons (Fsp3) is 0.667. The molecule has 1 saturated heterocycles. The smallest absolute Gasteiger partial charge is 0.252 e. The van der Waals surface area contributed by atoms with Crippen LogP contribution in [0, 0.1) is 0 Å². The predicted molar refractivity (Wildman–Crippen MR) is 68.6 cm³/mol. The number of rotatable bonds is 2. The van der Waals surface area contributed by atoms with E-state index in [0.29, 0.717) is 6.04 Å². The summed E-state index contributed by atoms with van der Waals surface area (Å²) in [5.41, 5.74) is -0.0649. The maximum atomic E-state index is 11.6. The molecule has 1 aliphatic heterocycles. The monoisotopic (exact) mass is 236 g/mol. The number of nitrogens with one attached hydrogen (secondary N) is 2. The van der Waals surface area contributed by atoms with Crippen LogP contribution in [0.4, 0.5) is 5.82 Å². The van der Waals surface area contributed by atoms with E-state index in [-0.39, 0.29) is 11.5 Å². The number of aromatic nitrogens is 2. The van der Waals surface area contributed by atoms with E-state index in [0.717, 1.165) is 31.3 Å². The molecule has 2 N–H and O–H groups in total. The van der Waals surface area contributed by atoms with Crippen LogP contribution in [0.1, 0.15) is 32.5 Å². The van der Waals surface area contributed by atoms with E-state index in [4.69, 9.17) is 0 Å². The van der Waals surface area contributed by atoms with E-state index in [2.05, 4.69) is 27.1 Å². The van der Waals surface area contributed by atoms with Crippen molar-refractivity contribution in [2.24, 2.45) is 0 Å². The summed E-state index contributed by atoms with van der Waals surface area (Å²) in [5, 5.41) is 3.38. The van der Waals surface area contributed by atoms with Crippen molar-refractivity contribution in [3.63, 3.8) is 0 Å². The first-order valence-corrected chi connectivity index (χ1v) is 6.16. The number of H-pyrrole nitrogens is 1. The van der Waals surface area contributed by atoms with E-state index in [9.17, 15) is 4.79 Å². The second-order valence-electron chi connectivity index (χ2n) is 4.94. The molecule has 17 heavy (non-hydrogen) atoms. The Morgan fingerprint density at radius 1 is 1.53 bits per heavy atom. The van der Waals surface area contributed by atoms with Gasteiger partial charge in [0.05, 0.1) is 0 Å². The molecule has 0 radical (unpaired) electrons. The van der Waals surface area contributed by atoms with Gasteiger partial charge in [0.25, 0.3) is 5.56 Å². The highest BCUT2D eigenvalue weighted by atomic mass is 16.1. The van der Waals surface area contributed by atoms with Crippen LogP contribution in [-0.4, -0.2) is 35.6 Å². The third kappa shape index (κ3) is 2.85. The van der Waals surface area contributed by atoms with Gasteiger partial charge in [0, 0.05) is 37.7 Å². The normalized spacial score (nSPS) is 20.9. The minimum Gasteiger partial charge on any atom is -0.354 e. The molecule has 94 valence electrons. The van der Waals surface area contributed by atoms with E-state index < -0.39 is 0 Å². The molecule has 2 heterocycles. The molecule has 5 heteroatoms. The van der Waals surface area contributed by atoms with Gasteiger partial charge in [-0.3, -0.25) is 4.79 Å². The molecule has 0 saturated carbocycles. The fourth-order valence-electron chi connectivity index (χ4n) is 2.04. The highest BCUT2D eigenvalue weighted by Gasteiger charge is 2.18. The molecule has 0 aromatic carbocycles. The highest BCUT2D eigenvalue weighted by Crippen LogP contribution is 2.14. The molecular formula is C12H20N4O. The van der Waals surface area contributed by atoms with Crippen molar-refractivity contribution >= 4 is 5.82 Å². The first kappa shape index (κ1) is 12.1. The number of anilines is 1. The van der Waals surface area contributed by atoms with Gasteiger partial charge in [0.15, 0.2) is 0 Å². The van der Waals surface area contributed by atoms with E-state index in [1.807, 2.05) is 13.8 Å². The number of hydrogen-bond donors (Lipinski definition) is 2. The lowest BCUT2D eigenvalue weighted by Crippen LogP contribution is -2.49. The van der Waals surface area contributed by atoms with Crippen LogP contribution < -0.4 is 15.8 Å². The van der Waals surface area contributed by atoms with Crippen molar-refractivity contribution in [3.05, 3.63) is 22.2 Å². The molecule has 1 aliphatic rings. The van der Waals surface area contributed by atoms with Crippen LogP contribution >= 0.6 is 0 Å². The summed E-state index contributed by atoms with van der Waals surface area (Å²) in [6, 6.07) is 2.02. The maximum absolute atomic E-state index is 11.6. The van der Waals surface area contributed by atoms with Crippen molar-refractivity contribution < 1.29 is 0 Å². The zero-order valence-corrected chi connectivity index (χ0v) is 10.7. The SMILES string of the molecule is CC(C)c1nc(N2CCN[C@H](C)C2)cc(=O)[nH]1. The van der Waals surface area contributed by atoms with Crippen molar-refractivity contribution in [3.8, 4) is 0 Å². The van der Waals surface area contributed by atoms with Gasteiger partial charge in [-0.2, -0.15) is 0 Å². The quantitative estimate of drug-likeness (QED) is 0.793. The number of nitrogens with zero attached hydrogens (tertiary/aromatic N) is 2. The highest BCUT2D eigenvalue weighted by molar-refractivity contribution is 5.38. The van der Waals surface area contributed by atoms with Crippen molar-refractivity contribution in [1.29, 1.82) is 0 Å². The second kappa shape index (κ2) is 4.87. The predicted octanol–water partition coefficient (Wildman–Crippen LogP) is 0.691. The zero-order chi connectivity index (χ0) is 12.4. The molecule has 0 bridgehead atoms. The van der Waals surface area contributed by atoms with Gasteiger partial charge in [0.1, 0.15) is 11.6 Å². The van der Waals surface area contributed by atoms with Crippen LogP contribution in [0.2, 0.25) is 0 Å². The molecule has 0 unspecified atom stereocenters. The Kier molecular flexibility index (Phi) is 3.47. The molecule has 2 rings (SSSR count). The van der Waals surface area contributed by atoms with E-state index in [1.54, 1.807) is 6.07 Å². The zero-order valence-electron chi connectivity index (χ0n) is 10.7. The standard InChI is InChI=1S/C12H20N4O/c1-8(2)12-14-10(6-11(17)15-12)16-5-4-13-9(3)7-16/h6,8-9,13H,4-5,7H2,1-3H3,(H,14,15,17)/t9-/m1/s1. The summed E-state index contributed by atoms with van der Waals surface area (Å²) in [6.07, 6.45) is 0. The van der Waals surface area contributed by atoms with Crippen LogP contribution in [0.3, 0.4) is 0 Å². The topological polar surface area (TPSA) is 61.0 Å². The average molecular weight is 236 g/mol. The number of aromatic amines is 1. The summed E-state index contributed by atoms with van der Waals surface area (Å²) in [6.45, 7) is 8.94. The van der Waals surface area contributed by atoms with Crippen molar-refractivity contribution in [2.75, 3.05) is 24.5 Å². The van der Waals surface area contributed by atoms with Crippen LogP contribution in [-0.2, 0) is 0 Å². The second-order valence-corrected chi connectivity index (χ2v) is 4.94. The molecule has 0 spiro atoms. The lowest BCUT2D eigenvalue weighted by Gasteiger charge is -2.32. The molecule has 1 aromatic heterocycles. The summed E-state index contributed by atoms with van der Waals surface area (Å²) in [7, 11) is 0. The number of piperazine rings is 1. The van der Waals surface area contributed by atoms with E-state index in [1.165, 1.54) is 0 Å². The van der Waals surface area contributed by atoms with Gasteiger partial charge in [-0.05, 0) is 6.92 Å². The summed E-state index contributed by atoms with van der Waals surface area (Å²) >= 11 is 0. The molecule has 1 aromatic rings. The van der Waals surface area contributed by atoms with Gasteiger partial charge >= 0.3 is 0 Å². The molecule has 0 aliphatic carbocycles. The van der Waals surface area contributed by atoms with Crippen molar-refractivity contribution in [1.82, 2.24) is 15.3 Å². The number of hydrogen-bond acceptors (Lipinski definition) is 4. The van der Waals surface area contributed by atoms with Crippen LogP contribution in [0.5, 0.6) is 0 Å². The Morgan fingerprint density at radius 2 is 2.29 bits per heavy atom. The van der Waals surface area contributed by atoms with Gasteiger partial charge < -0.3 is 15.2 Å². The van der Waals surface area contributed by atoms with Gasteiger partial charge in [0.2, 0.25) is 0 Å². The third-order valence-corrected chi connectivity index (χ3v) is 2.99. The molecular weight excluding hydrogens is 216 g/mol. The molecule has 1 atom stereocenters. The third-order valence-electron chi connectivity index (χ3n) is 2.99. The first-order valence-electron chi connectivity index (χ1n) is 6.16. The van der Waals surface area contributed by atoms with Crippen LogP contribution in [0.25, 0.3) is 0 Å².